The van der Waals surface area contributed by atoms with E-state index in [4.69, 9.17) is 0 Å². The summed E-state index contributed by atoms with van der Waals surface area (Å²) in [5.41, 5.74) is 1.53. The summed E-state index contributed by atoms with van der Waals surface area (Å²) in [7, 11) is 0. The third-order valence-corrected chi connectivity index (χ3v) is 6.88. The van der Waals surface area contributed by atoms with Gasteiger partial charge in [-0.25, -0.2) is 0 Å². The zero-order valence-electron chi connectivity index (χ0n) is 14.6. The summed E-state index contributed by atoms with van der Waals surface area (Å²) in [6, 6.07) is 0. The van der Waals surface area contributed by atoms with E-state index < -0.39 is 0 Å². The summed E-state index contributed by atoms with van der Waals surface area (Å²) in [6.45, 7) is 16.5. The predicted molar refractivity (Wildman–Crippen MR) is 89.8 cm³/mol. The van der Waals surface area contributed by atoms with E-state index in [-0.39, 0.29) is 0 Å². The first kappa shape index (κ1) is 16.1. The molecule has 0 bridgehead atoms. The third kappa shape index (κ3) is 3.31. The fourth-order valence-electron chi connectivity index (χ4n) is 4.71. The van der Waals surface area contributed by atoms with Crippen LogP contribution in [0.5, 0.6) is 0 Å². The average molecular weight is 277 g/mol. The molecule has 2 rings (SSSR count). The van der Waals surface area contributed by atoms with Gasteiger partial charge in [-0.3, -0.25) is 0 Å². The first-order valence-corrected chi connectivity index (χ1v) is 8.82. The molecule has 2 fully saturated rings. The van der Waals surface area contributed by atoms with E-state index in [1.807, 2.05) is 0 Å². The molecule has 0 spiro atoms. The van der Waals surface area contributed by atoms with Crippen molar-refractivity contribution >= 4 is 0 Å². The molecule has 2 aliphatic carbocycles. The zero-order chi connectivity index (χ0) is 15.0. The molecule has 0 amide bonds. The highest BCUT2D eigenvalue weighted by molar-refractivity contribution is 5.03. The van der Waals surface area contributed by atoms with Crippen molar-refractivity contribution in [2.24, 2.45) is 28.1 Å². The molecule has 0 atom stereocenters. The highest BCUT2D eigenvalue weighted by atomic mass is 14.5. The lowest BCUT2D eigenvalue weighted by atomic mass is 9.56. The van der Waals surface area contributed by atoms with Gasteiger partial charge >= 0.3 is 0 Å². The van der Waals surface area contributed by atoms with Gasteiger partial charge in [0.05, 0.1) is 0 Å². The molecule has 2 aliphatic rings. The summed E-state index contributed by atoms with van der Waals surface area (Å²) in [5, 5.41) is 0. The van der Waals surface area contributed by atoms with E-state index in [2.05, 4.69) is 47.3 Å². The van der Waals surface area contributed by atoms with E-state index in [0.717, 1.165) is 11.8 Å². The Morgan fingerprint density at radius 3 is 1.35 bits per heavy atom. The first-order chi connectivity index (χ1) is 9.19. The van der Waals surface area contributed by atoms with E-state index in [9.17, 15) is 0 Å². The molecule has 0 saturated heterocycles. The molecule has 0 heterocycles. The molecule has 0 aromatic rings. The van der Waals surface area contributed by atoms with Crippen LogP contribution in [0.3, 0.4) is 0 Å². The second-order valence-corrected chi connectivity index (χ2v) is 9.45. The molecule has 2 saturated carbocycles. The number of allylic oxidation sites excluding steroid dienone is 1. The molecule has 0 aromatic heterocycles. The van der Waals surface area contributed by atoms with Crippen LogP contribution in [0, 0.1) is 28.1 Å². The van der Waals surface area contributed by atoms with E-state index >= 15 is 0 Å². The maximum absolute atomic E-state index is 4.26. The molecular weight excluding hydrogens is 240 g/mol. The highest BCUT2D eigenvalue weighted by Crippen LogP contribution is 2.54. The normalized spacial score (nSPS) is 28.2. The Hall–Kier alpha value is -0.260. The van der Waals surface area contributed by atoms with Crippen LogP contribution < -0.4 is 0 Å². The van der Waals surface area contributed by atoms with Crippen molar-refractivity contribution in [3.8, 4) is 0 Å². The standard InChI is InChI=1S/C20H36/c1-7-20(6,16-8-12-18(2,3)13-9-16)17-10-14-19(4,5)15-11-17/h7,16-17H,1,8-15H2,2-6H3. The smallest absolute Gasteiger partial charge is 0.00927 e. The average Bonchev–Trinajstić information content (AvgIpc) is 2.37. The van der Waals surface area contributed by atoms with Gasteiger partial charge in [-0.2, -0.15) is 0 Å². The van der Waals surface area contributed by atoms with Crippen molar-refractivity contribution in [3.05, 3.63) is 12.7 Å². The van der Waals surface area contributed by atoms with Crippen LogP contribution in [-0.4, -0.2) is 0 Å². The Morgan fingerprint density at radius 1 is 0.800 bits per heavy atom. The Morgan fingerprint density at radius 2 is 1.10 bits per heavy atom. The quantitative estimate of drug-likeness (QED) is 0.509. The van der Waals surface area contributed by atoms with Crippen LogP contribution in [0.1, 0.15) is 86.0 Å². The molecule has 20 heavy (non-hydrogen) atoms. The van der Waals surface area contributed by atoms with Gasteiger partial charge in [0, 0.05) is 0 Å². The Bertz CT molecular complexity index is 299. The van der Waals surface area contributed by atoms with Gasteiger partial charge in [-0.05, 0) is 79.4 Å². The number of rotatable bonds is 3. The lowest BCUT2D eigenvalue weighted by Gasteiger charge is -2.49. The molecule has 0 radical (unpaired) electrons. The van der Waals surface area contributed by atoms with Crippen LogP contribution in [0.15, 0.2) is 12.7 Å². The van der Waals surface area contributed by atoms with Crippen molar-refractivity contribution in [1.29, 1.82) is 0 Å². The topological polar surface area (TPSA) is 0 Å². The van der Waals surface area contributed by atoms with E-state index in [1.54, 1.807) is 0 Å². The third-order valence-electron chi connectivity index (χ3n) is 6.88. The number of hydrogen-bond acceptors (Lipinski definition) is 0. The number of hydrogen-bond donors (Lipinski definition) is 0. The van der Waals surface area contributed by atoms with Crippen molar-refractivity contribution in [2.75, 3.05) is 0 Å². The molecule has 0 unspecified atom stereocenters. The van der Waals surface area contributed by atoms with Gasteiger partial charge in [0.2, 0.25) is 0 Å². The largest absolute Gasteiger partial charge is 0.103 e. The van der Waals surface area contributed by atoms with Gasteiger partial charge in [0.25, 0.3) is 0 Å². The van der Waals surface area contributed by atoms with E-state index in [1.165, 1.54) is 51.4 Å². The summed E-state index contributed by atoms with van der Waals surface area (Å²) >= 11 is 0. The maximum atomic E-state index is 4.26. The maximum Gasteiger partial charge on any atom is -0.00927 e. The fraction of sp³-hybridized carbons (Fsp3) is 0.900. The van der Waals surface area contributed by atoms with Crippen molar-refractivity contribution in [1.82, 2.24) is 0 Å². The Balaban J connectivity index is 2.04. The van der Waals surface area contributed by atoms with Crippen LogP contribution in [0.2, 0.25) is 0 Å². The molecule has 0 nitrogen and oxygen atoms in total. The SMILES string of the molecule is C=CC(C)(C1CCC(C)(C)CC1)C1CCC(C)(C)CC1. The van der Waals surface area contributed by atoms with Crippen LogP contribution >= 0.6 is 0 Å². The van der Waals surface area contributed by atoms with E-state index in [0.29, 0.717) is 16.2 Å². The summed E-state index contributed by atoms with van der Waals surface area (Å²) < 4.78 is 0. The lowest BCUT2D eigenvalue weighted by molar-refractivity contribution is 0.0358. The summed E-state index contributed by atoms with van der Waals surface area (Å²) in [4.78, 5) is 0. The lowest BCUT2D eigenvalue weighted by Crippen LogP contribution is -2.40. The summed E-state index contributed by atoms with van der Waals surface area (Å²) in [6.07, 6.45) is 13.6. The Kier molecular flexibility index (Phi) is 4.43. The molecule has 0 aromatic carbocycles. The minimum Gasteiger partial charge on any atom is -0.103 e. The first-order valence-electron chi connectivity index (χ1n) is 8.82. The van der Waals surface area contributed by atoms with Gasteiger partial charge in [-0.15, -0.1) is 6.58 Å². The molecule has 0 N–H and O–H groups in total. The molecule has 116 valence electrons. The minimum absolute atomic E-state index is 0.382. The van der Waals surface area contributed by atoms with Crippen molar-refractivity contribution in [2.45, 2.75) is 86.0 Å². The molecule has 0 aliphatic heterocycles. The molecule has 0 heteroatoms. The monoisotopic (exact) mass is 276 g/mol. The van der Waals surface area contributed by atoms with Crippen molar-refractivity contribution < 1.29 is 0 Å². The van der Waals surface area contributed by atoms with Crippen LogP contribution in [0.25, 0.3) is 0 Å². The van der Waals surface area contributed by atoms with Gasteiger partial charge in [0.15, 0.2) is 0 Å². The van der Waals surface area contributed by atoms with Crippen LogP contribution in [0.4, 0.5) is 0 Å². The van der Waals surface area contributed by atoms with Crippen LogP contribution in [-0.2, 0) is 0 Å². The summed E-state index contributed by atoms with van der Waals surface area (Å²) in [5.74, 6) is 1.75. The van der Waals surface area contributed by atoms with Crippen molar-refractivity contribution in [3.63, 3.8) is 0 Å². The van der Waals surface area contributed by atoms with Gasteiger partial charge in [-0.1, -0.05) is 40.7 Å². The predicted octanol–water partition coefficient (Wildman–Crippen LogP) is 6.61. The fourth-order valence-corrected chi connectivity index (χ4v) is 4.71. The molecular formula is C20H36. The van der Waals surface area contributed by atoms with Gasteiger partial charge in [0.1, 0.15) is 0 Å². The zero-order valence-corrected chi connectivity index (χ0v) is 14.6. The second kappa shape index (κ2) is 5.50. The highest BCUT2D eigenvalue weighted by Gasteiger charge is 2.43. The minimum atomic E-state index is 0.382. The Labute approximate surface area is 127 Å². The second-order valence-electron chi connectivity index (χ2n) is 9.45. The van der Waals surface area contributed by atoms with Gasteiger partial charge < -0.3 is 0 Å².